The Morgan fingerprint density at radius 2 is 2.23 bits per heavy atom. The number of rotatable bonds is 3. The van der Waals surface area contributed by atoms with E-state index in [0.29, 0.717) is 0 Å². The van der Waals surface area contributed by atoms with Gasteiger partial charge in [0.1, 0.15) is 0 Å². The Bertz CT molecular complexity index is 276. The molecule has 0 aliphatic carbocycles. The Hall–Kier alpha value is -0.500. The summed E-state index contributed by atoms with van der Waals surface area (Å²) in [4.78, 5) is 0. The fourth-order valence-electron chi connectivity index (χ4n) is 1.85. The number of hydrogen-bond acceptors (Lipinski definition) is 1. The average Bonchev–Trinajstić information content (AvgIpc) is 2.32. The third kappa shape index (κ3) is 2.47. The van der Waals surface area contributed by atoms with Gasteiger partial charge in [0.15, 0.2) is 0 Å². The molecule has 3 heteroatoms. The Morgan fingerprint density at radius 1 is 1.62 bits per heavy atom. The third-order valence-electron chi connectivity index (χ3n) is 2.31. The zero-order valence-corrected chi connectivity index (χ0v) is 9.47. The van der Waals surface area contributed by atoms with Gasteiger partial charge < -0.3 is 0 Å². The predicted molar refractivity (Wildman–Crippen MR) is 56.2 cm³/mol. The maximum atomic E-state index is 6.00. The Kier molecular flexibility index (Phi) is 3.01. The summed E-state index contributed by atoms with van der Waals surface area (Å²) in [5, 5.41) is 4.36. The molecule has 0 saturated carbocycles. The van der Waals surface area contributed by atoms with Crippen LogP contribution >= 0.6 is 11.6 Å². The first-order chi connectivity index (χ1) is 5.93. The Morgan fingerprint density at radius 3 is 2.62 bits per heavy atom. The second-order valence-corrected chi connectivity index (χ2v) is 4.95. The summed E-state index contributed by atoms with van der Waals surface area (Å²) in [6.07, 6.45) is 2.80. The van der Waals surface area contributed by atoms with E-state index in [4.69, 9.17) is 11.6 Å². The molecule has 0 aliphatic heterocycles. The lowest BCUT2D eigenvalue weighted by molar-refractivity contribution is 0.439. The molecule has 0 fully saturated rings. The average molecular weight is 201 g/mol. The fraction of sp³-hybridized carbons (Fsp3) is 0.700. The molecule has 13 heavy (non-hydrogen) atoms. The molecule has 1 unspecified atom stereocenters. The van der Waals surface area contributed by atoms with Crippen LogP contribution in [0.3, 0.4) is 0 Å². The highest BCUT2D eigenvalue weighted by Crippen LogP contribution is 2.29. The summed E-state index contributed by atoms with van der Waals surface area (Å²) < 4.78 is 1.92. The minimum absolute atomic E-state index is 0.104. The lowest BCUT2D eigenvalue weighted by Crippen LogP contribution is -2.24. The molecule has 0 N–H and O–H groups in total. The standard InChI is InChI=1S/C10H17ClN2/c1-8(11)7-10(2,3)9-5-6-12-13(9)4/h5-6,8H,7H2,1-4H3. The second kappa shape index (κ2) is 3.70. The van der Waals surface area contributed by atoms with E-state index in [1.807, 2.05) is 24.9 Å². The maximum Gasteiger partial charge on any atom is 0.0492 e. The molecule has 0 aromatic carbocycles. The number of nitrogens with zero attached hydrogens (tertiary/aromatic N) is 2. The molecular formula is C10H17ClN2. The first kappa shape index (κ1) is 10.6. The van der Waals surface area contributed by atoms with Gasteiger partial charge in [-0.3, -0.25) is 4.68 Å². The number of hydrogen-bond donors (Lipinski definition) is 0. The molecule has 1 aromatic rings. The van der Waals surface area contributed by atoms with Gasteiger partial charge in [0.25, 0.3) is 0 Å². The van der Waals surface area contributed by atoms with Crippen LogP contribution in [0.5, 0.6) is 0 Å². The molecule has 0 amide bonds. The lowest BCUT2D eigenvalue weighted by Gasteiger charge is -2.25. The molecule has 74 valence electrons. The number of alkyl halides is 1. The largest absolute Gasteiger partial charge is 0.272 e. The van der Waals surface area contributed by atoms with E-state index in [1.54, 1.807) is 0 Å². The van der Waals surface area contributed by atoms with Crippen LogP contribution in [-0.4, -0.2) is 15.2 Å². The lowest BCUT2D eigenvalue weighted by atomic mass is 9.84. The van der Waals surface area contributed by atoms with Crippen molar-refractivity contribution in [1.29, 1.82) is 0 Å². The molecule has 0 bridgehead atoms. The molecule has 2 nitrogen and oxygen atoms in total. The van der Waals surface area contributed by atoms with Crippen LogP contribution in [0.25, 0.3) is 0 Å². The van der Waals surface area contributed by atoms with Crippen molar-refractivity contribution < 1.29 is 0 Å². The van der Waals surface area contributed by atoms with Crippen LogP contribution < -0.4 is 0 Å². The summed E-state index contributed by atoms with van der Waals surface area (Å²) in [7, 11) is 1.97. The van der Waals surface area contributed by atoms with Crippen LogP contribution in [0.4, 0.5) is 0 Å². The smallest absolute Gasteiger partial charge is 0.0492 e. The second-order valence-electron chi connectivity index (χ2n) is 4.21. The summed E-state index contributed by atoms with van der Waals surface area (Å²) in [6, 6.07) is 2.05. The number of halogens is 1. The highest BCUT2D eigenvalue weighted by Gasteiger charge is 2.25. The summed E-state index contributed by atoms with van der Waals surface area (Å²) in [5.41, 5.74) is 1.34. The van der Waals surface area contributed by atoms with Crippen molar-refractivity contribution in [2.45, 2.75) is 38.0 Å². The molecule has 1 heterocycles. The Balaban J connectivity index is 2.87. The van der Waals surface area contributed by atoms with Gasteiger partial charge in [-0.2, -0.15) is 5.10 Å². The van der Waals surface area contributed by atoms with Crippen LogP contribution in [0, 0.1) is 0 Å². The molecule has 1 rings (SSSR count). The normalized spacial score (nSPS) is 14.5. The molecule has 0 aliphatic rings. The number of aromatic nitrogens is 2. The van der Waals surface area contributed by atoms with E-state index < -0.39 is 0 Å². The van der Waals surface area contributed by atoms with Crippen molar-refractivity contribution in [2.75, 3.05) is 0 Å². The fourth-order valence-corrected chi connectivity index (χ4v) is 2.23. The molecule has 0 spiro atoms. The van der Waals surface area contributed by atoms with Crippen LogP contribution in [0.15, 0.2) is 12.3 Å². The first-order valence-corrected chi connectivity index (χ1v) is 4.99. The van der Waals surface area contributed by atoms with E-state index in [9.17, 15) is 0 Å². The SMILES string of the molecule is CC(Cl)CC(C)(C)c1ccnn1C. The summed E-state index contributed by atoms with van der Waals surface area (Å²) in [6.45, 7) is 6.42. The quantitative estimate of drug-likeness (QED) is 0.687. The van der Waals surface area contributed by atoms with Gasteiger partial charge in [-0.25, -0.2) is 0 Å². The zero-order valence-electron chi connectivity index (χ0n) is 8.71. The van der Waals surface area contributed by atoms with Crippen molar-refractivity contribution in [2.24, 2.45) is 7.05 Å². The highest BCUT2D eigenvalue weighted by atomic mass is 35.5. The monoisotopic (exact) mass is 200 g/mol. The third-order valence-corrected chi connectivity index (χ3v) is 2.46. The van der Waals surface area contributed by atoms with Gasteiger partial charge in [-0.1, -0.05) is 13.8 Å². The molecular weight excluding hydrogens is 184 g/mol. The molecule has 0 radical (unpaired) electrons. The predicted octanol–water partition coefficient (Wildman–Crippen LogP) is 2.72. The van der Waals surface area contributed by atoms with Crippen LogP contribution in [0.1, 0.15) is 32.9 Å². The van der Waals surface area contributed by atoms with E-state index >= 15 is 0 Å². The van der Waals surface area contributed by atoms with Gasteiger partial charge in [0.05, 0.1) is 0 Å². The van der Waals surface area contributed by atoms with Crippen LogP contribution in [0.2, 0.25) is 0 Å². The summed E-state index contributed by atoms with van der Waals surface area (Å²) >= 11 is 6.00. The van der Waals surface area contributed by atoms with Crippen molar-refractivity contribution in [3.05, 3.63) is 18.0 Å². The molecule has 1 atom stereocenters. The zero-order chi connectivity index (χ0) is 10.1. The van der Waals surface area contributed by atoms with E-state index in [2.05, 4.69) is 25.0 Å². The first-order valence-electron chi connectivity index (χ1n) is 4.56. The van der Waals surface area contributed by atoms with Crippen molar-refractivity contribution in [3.63, 3.8) is 0 Å². The number of aryl methyl sites for hydroxylation is 1. The van der Waals surface area contributed by atoms with Crippen molar-refractivity contribution in [3.8, 4) is 0 Å². The van der Waals surface area contributed by atoms with Gasteiger partial charge in [-0.05, 0) is 19.4 Å². The van der Waals surface area contributed by atoms with Gasteiger partial charge in [-0.15, -0.1) is 11.6 Å². The van der Waals surface area contributed by atoms with Crippen LogP contribution in [-0.2, 0) is 12.5 Å². The minimum Gasteiger partial charge on any atom is -0.272 e. The van der Waals surface area contributed by atoms with Crippen molar-refractivity contribution >= 4 is 11.6 Å². The van der Waals surface area contributed by atoms with E-state index in [-0.39, 0.29) is 10.8 Å². The molecule has 0 saturated heterocycles. The van der Waals surface area contributed by atoms with Gasteiger partial charge in [0.2, 0.25) is 0 Å². The van der Waals surface area contributed by atoms with E-state index in [0.717, 1.165) is 6.42 Å². The molecule has 1 aromatic heterocycles. The Labute approximate surface area is 84.9 Å². The van der Waals surface area contributed by atoms with Gasteiger partial charge >= 0.3 is 0 Å². The van der Waals surface area contributed by atoms with Gasteiger partial charge in [0, 0.05) is 29.7 Å². The minimum atomic E-state index is 0.104. The summed E-state index contributed by atoms with van der Waals surface area (Å²) in [5.74, 6) is 0. The maximum absolute atomic E-state index is 6.00. The topological polar surface area (TPSA) is 17.8 Å². The highest BCUT2D eigenvalue weighted by molar-refractivity contribution is 6.20. The van der Waals surface area contributed by atoms with Crippen molar-refractivity contribution in [1.82, 2.24) is 9.78 Å². The van der Waals surface area contributed by atoms with E-state index in [1.165, 1.54) is 5.69 Å².